The molecule has 0 saturated carbocycles. The maximum atomic E-state index is 12.4. The third-order valence-corrected chi connectivity index (χ3v) is 4.87. The lowest BCUT2D eigenvalue weighted by Gasteiger charge is -2.28. The van der Waals surface area contributed by atoms with Gasteiger partial charge in [0.2, 0.25) is 0 Å². The molecule has 0 bridgehead atoms. The van der Waals surface area contributed by atoms with E-state index in [0.717, 1.165) is 26.1 Å². The minimum absolute atomic E-state index is 0.0679. The molecule has 24 heavy (non-hydrogen) atoms. The van der Waals surface area contributed by atoms with Crippen LogP contribution in [0.15, 0.2) is 12.3 Å². The Labute approximate surface area is 143 Å². The number of nitrogens with one attached hydrogen (secondary N) is 1. The number of aromatic nitrogens is 2. The summed E-state index contributed by atoms with van der Waals surface area (Å²) in [6.07, 6.45) is 7.27. The molecule has 2 saturated heterocycles. The van der Waals surface area contributed by atoms with Crippen molar-refractivity contribution in [3.8, 4) is 6.07 Å². The van der Waals surface area contributed by atoms with E-state index < -0.39 is 0 Å². The van der Waals surface area contributed by atoms with Crippen LogP contribution < -0.4 is 5.32 Å². The molecule has 0 unspecified atom stereocenters. The van der Waals surface area contributed by atoms with Gasteiger partial charge < -0.3 is 9.80 Å². The van der Waals surface area contributed by atoms with Crippen LogP contribution in [0.25, 0.3) is 0 Å². The Hall–Kier alpha value is -2.07. The summed E-state index contributed by atoms with van der Waals surface area (Å²) < 4.78 is 1.68. The Morgan fingerprint density at radius 3 is 2.96 bits per heavy atom. The summed E-state index contributed by atoms with van der Waals surface area (Å²) in [5.41, 5.74) is 0. The maximum Gasteiger partial charge on any atom is 0.323 e. The van der Waals surface area contributed by atoms with Gasteiger partial charge in [-0.2, -0.15) is 10.4 Å². The fourth-order valence-corrected chi connectivity index (χ4v) is 3.58. The smallest absolute Gasteiger partial charge is 0.323 e. The third-order valence-electron chi connectivity index (χ3n) is 4.87. The standard InChI is InChI=1S/C17H26N6O/c18-7-4-10-23-12-6-16(20-23)19-17(24)22-11-5-15(14-22)13-21-8-2-1-3-9-21/h6,12,15H,1-5,8-11,13-14H2,(H,19,20,24)/t15-/m0/s1. The summed E-state index contributed by atoms with van der Waals surface area (Å²) in [4.78, 5) is 16.8. The monoisotopic (exact) mass is 330 g/mol. The van der Waals surface area contributed by atoms with Gasteiger partial charge in [0.05, 0.1) is 19.0 Å². The number of hydrogen-bond donors (Lipinski definition) is 1. The molecule has 2 fully saturated rings. The van der Waals surface area contributed by atoms with E-state index in [2.05, 4.69) is 21.4 Å². The highest BCUT2D eigenvalue weighted by Gasteiger charge is 2.28. The average Bonchev–Trinajstić information content (AvgIpc) is 3.23. The lowest BCUT2D eigenvalue weighted by molar-refractivity contribution is 0.192. The molecule has 0 aliphatic carbocycles. The molecule has 0 spiro atoms. The highest BCUT2D eigenvalue weighted by atomic mass is 16.2. The largest absolute Gasteiger partial charge is 0.324 e. The van der Waals surface area contributed by atoms with E-state index in [9.17, 15) is 4.79 Å². The summed E-state index contributed by atoms with van der Waals surface area (Å²) in [6.45, 7) is 5.74. The van der Waals surface area contributed by atoms with Crippen LogP contribution in [0.3, 0.4) is 0 Å². The second kappa shape index (κ2) is 8.15. The van der Waals surface area contributed by atoms with Gasteiger partial charge in [-0.25, -0.2) is 4.79 Å². The summed E-state index contributed by atoms with van der Waals surface area (Å²) in [5.74, 6) is 1.14. The van der Waals surface area contributed by atoms with Crippen molar-refractivity contribution < 1.29 is 4.79 Å². The number of nitriles is 1. The van der Waals surface area contributed by atoms with Gasteiger partial charge in [-0.3, -0.25) is 10.00 Å². The van der Waals surface area contributed by atoms with Crippen molar-refractivity contribution in [3.63, 3.8) is 0 Å². The fourth-order valence-electron chi connectivity index (χ4n) is 3.58. The molecular formula is C17H26N6O. The lowest BCUT2D eigenvalue weighted by atomic mass is 10.1. The van der Waals surface area contributed by atoms with Gasteiger partial charge >= 0.3 is 6.03 Å². The van der Waals surface area contributed by atoms with E-state index >= 15 is 0 Å². The van der Waals surface area contributed by atoms with Gasteiger partial charge in [-0.15, -0.1) is 0 Å². The van der Waals surface area contributed by atoms with E-state index in [1.54, 1.807) is 16.9 Å². The molecule has 3 heterocycles. The number of piperidine rings is 1. The molecule has 1 aromatic heterocycles. The molecule has 7 heteroatoms. The number of carbonyl (C=O) groups excluding carboxylic acids is 1. The number of aryl methyl sites for hydroxylation is 1. The van der Waals surface area contributed by atoms with Crippen molar-refractivity contribution in [2.45, 2.75) is 38.6 Å². The van der Waals surface area contributed by atoms with E-state index in [-0.39, 0.29) is 6.03 Å². The Kier molecular flexibility index (Phi) is 5.70. The summed E-state index contributed by atoms with van der Waals surface area (Å²) in [6, 6.07) is 3.80. The number of urea groups is 1. The molecule has 0 aromatic carbocycles. The molecule has 1 atom stereocenters. The summed E-state index contributed by atoms with van der Waals surface area (Å²) in [5, 5.41) is 15.7. The molecule has 3 rings (SSSR count). The quantitative estimate of drug-likeness (QED) is 0.897. The molecule has 2 aliphatic heterocycles. The van der Waals surface area contributed by atoms with E-state index in [1.165, 1.54) is 32.4 Å². The highest BCUT2D eigenvalue weighted by molar-refractivity contribution is 5.88. The predicted octanol–water partition coefficient (Wildman–Crippen LogP) is 2.14. The van der Waals surface area contributed by atoms with Crippen LogP contribution in [-0.4, -0.2) is 58.3 Å². The molecule has 2 aliphatic rings. The zero-order chi connectivity index (χ0) is 16.8. The van der Waals surface area contributed by atoms with Crippen LogP contribution in [0.1, 0.15) is 32.1 Å². The Morgan fingerprint density at radius 1 is 1.33 bits per heavy atom. The van der Waals surface area contributed by atoms with Gasteiger partial charge in [0.15, 0.2) is 5.82 Å². The first-order chi connectivity index (χ1) is 11.7. The molecule has 7 nitrogen and oxygen atoms in total. The van der Waals surface area contributed by atoms with Gasteiger partial charge in [0.25, 0.3) is 0 Å². The number of amides is 2. The van der Waals surface area contributed by atoms with Crippen LogP contribution >= 0.6 is 0 Å². The van der Waals surface area contributed by atoms with Crippen molar-refractivity contribution in [1.29, 1.82) is 5.26 Å². The van der Waals surface area contributed by atoms with Crippen LogP contribution in [-0.2, 0) is 6.54 Å². The Balaban J connectivity index is 1.44. The van der Waals surface area contributed by atoms with E-state index in [4.69, 9.17) is 5.26 Å². The molecule has 1 N–H and O–H groups in total. The summed E-state index contributed by atoms with van der Waals surface area (Å²) >= 11 is 0. The number of carbonyl (C=O) groups is 1. The topological polar surface area (TPSA) is 77.2 Å². The Morgan fingerprint density at radius 2 is 2.17 bits per heavy atom. The number of hydrogen-bond acceptors (Lipinski definition) is 4. The number of anilines is 1. The fraction of sp³-hybridized carbons (Fsp3) is 0.706. The van der Waals surface area contributed by atoms with Gasteiger partial charge in [0, 0.05) is 31.9 Å². The normalized spacial score (nSPS) is 21.6. The minimum Gasteiger partial charge on any atom is -0.324 e. The SMILES string of the molecule is N#CCCn1ccc(NC(=O)N2CC[C@@H](CN3CCCCC3)C2)n1. The highest BCUT2D eigenvalue weighted by Crippen LogP contribution is 2.20. The minimum atomic E-state index is -0.0679. The number of likely N-dealkylation sites (tertiary alicyclic amines) is 2. The Bertz CT molecular complexity index is 586. The first kappa shape index (κ1) is 16.8. The molecular weight excluding hydrogens is 304 g/mol. The molecule has 1 aromatic rings. The predicted molar refractivity (Wildman–Crippen MR) is 91.4 cm³/mol. The first-order valence-electron chi connectivity index (χ1n) is 8.93. The summed E-state index contributed by atoms with van der Waals surface area (Å²) in [7, 11) is 0. The molecule has 0 radical (unpaired) electrons. The average molecular weight is 330 g/mol. The second-order valence-electron chi connectivity index (χ2n) is 6.76. The van der Waals surface area contributed by atoms with Gasteiger partial charge in [-0.05, 0) is 38.3 Å². The van der Waals surface area contributed by atoms with Crippen molar-refractivity contribution in [2.75, 3.05) is 38.0 Å². The van der Waals surface area contributed by atoms with Crippen molar-refractivity contribution >= 4 is 11.8 Å². The zero-order valence-corrected chi connectivity index (χ0v) is 14.2. The maximum absolute atomic E-state index is 12.4. The van der Waals surface area contributed by atoms with E-state index in [1.807, 2.05) is 4.90 Å². The van der Waals surface area contributed by atoms with Crippen LogP contribution in [0.2, 0.25) is 0 Å². The third kappa shape index (κ3) is 4.48. The molecule has 2 amide bonds. The van der Waals surface area contributed by atoms with E-state index in [0.29, 0.717) is 24.7 Å². The first-order valence-corrected chi connectivity index (χ1v) is 8.93. The van der Waals surface area contributed by atoms with Crippen LogP contribution in [0.5, 0.6) is 0 Å². The van der Waals surface area contributed by atoms with Crippen LogP contribution in [0.4, 0.5) is 10.6 Å². The van der Waals surface area contributed by atoms with Crippen molar-refractivity contribution in [1.82, 2.24) is 19.6 Å². The van der Waals surface area contributed by atoms with Crippen molar-refractivity contribution in [2.24, 2.45) is 5.92 Å². The number of rotatable bonds is 5. The zero-order valence-electron chi connectivity index (χ0n) is 14.2. The van der Waals surface area contributed by atoms with Gasteiger partial charge in [0.1, 0.15) is 0 Å². The number of nitrogens with zero attached hydrogens (tertiary/aromatic N) is 5. The molecule has 130 valence electrons. The lowest BCUT2D eigenvalue weighted by Crippen LogP contribution is -2.37. The van der Waals surface area contributed by atoms with Gasteiger partial charge in [-0.1, -0.05) is 6.42 Å². The van der Waals surface area contributed by atoms with Crippen LogP contribution in [0, 0.1) is 17.2 Å². The van der Waals surface area contributed by atoms with Crippen molar-refractivity contribution in [3.05, 3.63) is 12.3 Å². The second-order valence-corrected chi connectivity index (χ2v) is 6.76.